The standard InChI is InChI=1S/C18H18BrNO2/c1-22-18(10-14-4-2-3-5-15(14)11-18)12-20-17(21)13-6-8-16(19)9-7-13/h2-9H,10-12H2,1H3,(H,20,21). The minimum atomic E-state index is -0.339. The van der Waals surface area contributed by atoms with Crippen LogP contribution in [0, 0.1) is 0 Å². The maximum atomic E-state index is 12.3. The number of rotatable bonds is 4. The number of amides is 1. The summed E-state index contributed by atoms with van der Waals surface area (Å²) < 4.78 is 6.73. The highest BCUT2D eigenvalue weighted by Crippen LogP contribution is 2.32. The van der Waals surface area contributed by atoms with Crippen LogP contribution < -0.4 is 5.32 Å². The van der Waals surface area contributed by atoms with Gasteiger partial charge in [-0.3, -0.25) is 4.79 Å². The molecule has 0 saturated carbocycles. The van der Waals surface area contributed by atoms with Gasteiger partial charge in [0.2, 0.25) is 0 Å². The largest absolute Gasteiger partial charge is 0.376 e. The number of hydrogen-bond acceptors (Lipinski definition) is 2. The maximum absolute atomic E-state index is 12.3. The van der Waals surface area contributed by atoms with E-state index >= 15 is 0 Å². The molecule has 0 radical (unpaired) electrons. The lowest BCUT2D eigenvalue weighted by Crippen LogP contribution is -2.45. The van der Waals surface area contributed by atoms with Crippen LogP contribution in [-0.2, 0) is 17.6 Å². The van der Waals surface area contributed by atoms with Gasteiger partial charge in [0.25, 0.3) is 5.91 Å². The van der Waals surface area contributed by atoms with Crippen LogP contribution in [0.5, 0.6) is 0 Å². The van der Waals surface area contributed by atoms with Crippen molar-refractivity contribution in [2.75, 3.05) is 13.7 Å². The van der Waals surface area contributed by atoms with E-state index in [1.165, 1.54) is 11.1 Å². The van der Waals surface area contributed by atoms with E-state index in [4.69, 9.17) is 4.74 Å². The van der Waals surface area contributed by atoms with Gasteiger partial charge in [-0.15, -0.1) is 0 Å². The fraction of sp³-hybridized carbons (Fsp3) is 0.278. The molecule has 114 valence electrons. The first-order chi connectivity index (χ1) is 10.6. The summed E-state index contributed by atoms with van der Waals surface area (Å²) in [6.07, 6.45) is 1.67. The van der Waals surface area contributed by atoms with Crippen LogP contribution in [0.1, 0.15) is 21.5 Å². The van der Waals surface area contributed by atoms with Gasteiger partial charge in [0.1, 0.15) is 0 Å². The van der Waals surface area contributed by atoms with E-state index in [-0.39, 0.29) is 11.5 Å². The molecule has 0 atom stereocenters. The number of fused-ring (bicyclic) bond motifs is 1. The highest BCUT2D eigenvalue weighted by molar-refractivity contribution is 9.10. The first-order valence-electron chi connectivity index (χ1n) is 7.28. The average Bonchev–Trinajstić information content (AvgIpc) is 2.92. The number of hydrogen-bond donors (Lipinski definition) is 1. The molecule has 0 fully saturated rings. The Kier molecular flexibility index (Phi) is 4.32. The van der Waals surface area contributed by atoms with E-state index < -0.39 is 0 Å². The Morgan fingerprint density at radius 2 is 1.73 bits per heavy atom. The van der Waals surface area contributed by atoms with Crippen molar-refractivity contribution >= 4 is 21.8 Å². The number of carbonyl (C=O) groups excluding carboxylic acids is 1. The number of nitrogens with one attached hydrogen (secondary N) is 1. The summed E-state index contributed by atoms with van der Waals surface area (Å²) in [5.41, 5.74) is 2.93. The number of halogens is 1. The molecule has 0 unspecified atom stereocenters. The SMILES string of the molecule is COC1(CNC(=O)c2ccc(Br)cc2)Cc2ccccc2C1. The van der Waals surface area contributed by atoms with Crippen molar-refractivity contribution in [3.05, 3.63) is 69.7 Å². The summed E-state index contributed by atoms with van der Waals surface area (Å²) in [7, 11) is 1.72. The minimum Gasteiger partial charge on any atom is -0.376 e. The van der Waals surface area contributed by atoms with Gasteiger partial charge < -0.3 is 10.1 Å². The second-order valence-electron chi connectivity index (χ2n) is 5.70. The quantitative estimate of drug-likeness (QED) is 0.908. The first kappa shape index (κ1) is 15.3. The summed E-state index contributed by atoms with van der Waals surface area (Å²) in [6, 6.07) is 15.7. The molecule has 3 nitrogen and oxygen atoms in total. The monoisotopic (exact) mass is 359 g/mol. The van der Waals surface area contributed by atoms with Crippen LogP contribution >= 0.6 is 15.9 Å². The lowest BCUT2D eigenvalue weighted by Gasteiger charge is -2.27. The summed E-state index contributed by atoms with van der Waals surface area (Å²) in [6.45, 7) is 0.507. The van der Waals surface area contributed by atoms with Crippen LogP contribution in [0.15, 0.2) is 53.0 Å². The highest BCUT2D eigenvalue weighted by Gasteiger charge is 2.37. The Morgan fingerprint density at radius 3 is 2.27 bits per heavy atom. The van der Waals surface area contributed by atoms with Gasteiger partial charge in [-0.25, -0.2) is 0 Å². The molecule has 2 aromatic rings. The van der Waals surface area contributed by atoms with E-state index in [0.717, 1.165) is 17.3 Å². The van der Waals surface area contributed by atoms with E-state index in [0.29, 0.717) is 12.1 Å². The third-order valence-electron chi connectivity index (χ3n) is 4.25. The molecule has 1 amide bonds. The molecule has 2 aromatic carbocycles. The lowest BCUT2D eigenvalue weighted by molar-refractivity contribution is 0.000177. The third-order valence-corrected chi connectivity index (χ3v) is 4.78. The predicted octanol–water partition coefficient (Wildman–Crippen LogP) is 3.36. The molecule has 0 spiro atoms. The van der Waals surface area contributed by atoms with Crippen molar-refractivity contribution < 1.29 is 9.53 Å². The predicted molar refractivity (Wildman–Crippen MR) is 90.1 cm³/mol. The molecule has 1 aliphatic rings. The molecule has 0 heterocycles. The van der Waals surface area contributed by atoms with Crippen LogP contribution in [0.25, 0.3) is 0 Å². The van der Waals surface area contributed by atoms with Gasteiger partial charge in [-0.1, -0.05) is 40.2 Å². The molecular weight excluding hydrogens is 342 g/mol. The van der Waals surface area contributed by atoms with Crippen LogP contribution in [-0.4, -0.2) is 25.2 Å². The lowest BCUT2D eigenvalue weighted by atomic mass is 10.00. The summed E-state index contributed by atoms with van der Waals surface area (Å²) >= 11 is 3.37. The van der Waals surface area contributed by atoms with E-state index in [1.54, 1.807) is 7.11 Å². The van der Waals surface area contributed by atoms with Gasteiger partial charge in [0.15, 0.2) is 0 Å². The maximum Gasteiger partial charge on any atom is 0.251 e. The fourth-order valence-electron chi connectivity index (χ4n) is 2.95. The van der Waals surface area contributed by atoms with Crippen molar-refractivity contribution in [3.8, 4) is 0 Å². The average molecular weight is 360 g/mol. The van der Waals surface area contributed by atoms with Crippen LogP contribution in [0.2, 0.25) is 0 Å². The van der Waals surface area contributed by atoms with E-state index in [1.807, 2.05) is 36.4 Å². The Labute approximate surface area is 138 Å². The first-order valence-corrected chi connectivity index (χ1v) is 8.07. The van der Waals surface area contributed by atoms with Gasteiger partial charge >= 0.3 is 0 Å². The summed E-state index contributed by atoms with van der Waals surface area (Å²) in [5, 5.41) is 3.01. The van der Waals surface area contributed by atoms with Crippen molar-refractivity contribution in [1.29, 1.82) is 0 Å². The molecule has 3 rings (SSSR count). The Hall–Kier alpha value is -1.65. The number of carbonyl (C=O) groups is 1. The summed E-state index contributed by atoms with van der Waals surface area (Å²) in [4.78, 5) is 12.3. The number of methoxy groups -OCH3 is 1. The Balaban J connectivity index is 1.67. The zero-order chi connectivity index (χ0) is 15.6. The van der Waals surface area contributed by atoms with E-state index in [2.05, 4.69) is 33.4 Å². The van der Waals surface area contributed by atoms with Crippen LogP contribution in [0.4, 0.5) is 0 Å². The molecule has 1 N–H and O–H groups in total. The highest BCUT2D eigenvalue weighted by atomic mass is 79.9. The van der Waals surface area contributed by atoms with Gasteiger partial charge in [0.05, 0.1) is 5.60 Å². The van der Waals surface area contributed by atoms with Gasteiger partial charge in [-0.05, 0) is 35.4 Å². The van der Waals surface area contributed by atoms with Crippen LogP contribution in [0.3, 0.4) is 0 Å². The molecule has 0 aliphatic heterocycles. The van der Waals surface area contributed by atoms with Gasteiger partial charge in [-0.2, -0.15) is 0 Å². The Bertz CT molecular complexity index is 657. The van der Waals surface area contributed by atoms with Crippen molar-refractivity contribution in [3.63, 3.8) is 0 Å². The Morgan fingerprint density at radius 1 is 1.14 bits per heavy atom. The molecule has 0 saturated heterocycles. The summed E-state index contributed by atoms with van der Waals surface area (Å²) in [5.74, 6) is -0.0696. The molecule has 1 aliphatic carbocycles. The molecule has 4 heteroatoms. The van der Waals surface area contributed by atoms with Crippen molar-refractivity contribution in [1.82, 2.24) is 5.32 Å². The van der Waals surface area contributed by atoms with Crippen molar-refractivity contribution in [2.45, 2.75) is 18.4 Å². The zero-order valence-corrected chi connectivity index (χ0v) is 14.0. The smallest absolute Gasteiger partial charge is 0.251 e. The molecule has 0 bridgehead atoms. The van der Waals surface area contributed by atoms with E-state index in [9.17, 15) is 4.79 Å². The van der Waals surface area contributed by atoms with Gasteiger partial charge in [0, 0.05) is 36.5 Å². The third kappa shape index (κ3) is 3.08. The molecule has 22 heavy (non-hydrogen) atoms. The van der Waals surface area contributed by atoms with Crippen molar-refractivity contribution in [2.24, 2.45) is 0 Å². The zero-order valence-electron chi connectivity index (χ0n) is 12.4. The second kappa shape index (κ2) is 6.23. The molecular formula is C18H18BrNO2. The normalized spacial score (nSPS) is 15.4. The molecule has 0 aromatic heterocycles. The second-order valence-corrected chi connectivity index (χ2v) is 6.61. The fourth-order valence-corrected chi connectivity index (χ4v) is 3.21. The minimum absolute atomic E-state index is 0.0696. The topological polar surface area (TPSA) is 38.3 Å². The number of benzene rings is 2. The number of ether oxygens (including phenoxy) is 1.